The lowest BCUT2D eigenvalue weighted by Gasteiger charge is -2.30. The molecule has 2 aromatic heterocycles. The monoisotopic (exact) mass is 1120 g/mol. The van der Waals surface area contributed by atoms with Crippen LogP contribution in [0.3, 0.4) is 0 Å². The Bertz CT molecular complexity index is 4040. The molecule has 13 rings (SSSR count). The zero-order valence-corrected chi connectivity index (χ0v) is 47.8. The van der Waals surface area contributed by atoms with Crippen LogP contribution in [0.1, 0.15) is 22.5 Å². The third-order valence-corrected chi connectivity index (χ3v) is 15.1. The van der Waals surface area contributed by atoms with Gasteiger partial charge in [-0.05, 0) is 230 Å². The quantitative estimate of drug-likeness (QED) is 0.0799. The molecule has 0 saturated carbocycles. The fraction of sp³-hybridized carbons (Fsp3) is 0. The van der Waals surface area contributed by atoms with E-state index in [1.807, 2.05) is 60.9 Å². The third-order valence-electron chi connectivity index (χ3n) is 15.1. The van der Waals surface area contributed by atoms with Crippen molar-refractivity contribution in [2.75, 3.05) is 24.5 Å². The van der Waals surface area contributed by atoms with Gasteiger partial charge in [0.1, 0.15) is 0 Å². The number of rotatable bonds is 19. The van der Waals surface area contributed by atoms with Gasteiger partial charge in [0, 0.05) is 97.7 Å². The van der Waals surface area contributed by atoms with Gasteiger partial charge in [-0.25, -0.2) is 0 Å². The molecule has 0 radical (unpaired) electrons. The Balaban J connectivity index is 0.785. The number of hydrogen-bond donors (Lipinski definition) is 0. The normalized spacial score (nSPS) is 11.1. The Morgan fingerprint density at radius 1 is 0.161 bits per heavy atom. The number of aromatic nitrogens is 2. The minimum Gasteiger partial charge on any atom is -0.311 e. The highest BCUT2D eigenvalue weighted by atomic mass is 15.2. The highest BCUT2D eigenvalue weighted by molar-refractivity contribution is 5.86. The summed E-state index contributed by atoms with van der Waals surface area (Å²) in [6.07, 6.45) is 11.9. The highest BCUT2D eigenvalue weighted by Crippen LogP contribution is 2.44. The number of anilines is 15. The molecular formula is C80H61N7. The molecule has 2 heterocycles. The summed E-state index contributed by atoms with van der Waals surface area (Å²) in [6, 6.07) is 117. The Morgan fingerprint density at radius 2 is 0.333 bits per heavy atom. The van der Waals surface area contributed by atoms with Gasteiger partial charge in [0.15, 0.2) is 0 Å². The SMILES string of the molecule is C(=C\c1ccccn1)/c1ccc(N(c2ccccc2)c2ccc(N(c3ccccc3)c3ccc(N(c4ccccc4)c4ccc(N(c5ccccc5)c5ccc(N(c6ccccc6)c6ccc(/C=C/c7ccccn7)cc6)cc5)cc4)cc3)cc2)cc1. The fourth-order valence-electron chi connectivity index (χ4n) is 10.9. The Morgan fingerprint density at radius 3 is 0.517 bits per heavy atom. The molecule has 0 N–H and O–H groups in total. The standard InChI is InChI=1S/C80H61N7/c1-6-22-66(23-7-1)83(71-40-34-62(35-41-71)32-38-64-20-16-18-60-81-64)73-44-48-75(49-45-73)85(68-26-10-3-11-27-68)77-52-56-79(57-53-77)87(70-30-14-5-15-31-70)80-58-54-78(55-59-80)86(69-28-12-4-13-29-69)76-50-46-74(47-51-76)84(67-24-8-2-9-25-67)72-42-36-63(37-43-72)33-39-65-21-17-19-61-82-65/h1-61H/b38-32+,39-33+. The van der Waals surface area contributed by atoms with Gasteiger partial charge in [0.2, 0.25) is 0 Å². The maximum Gasteiger partial charge on any atom is 0.0629 e. The van der Waals surface area contributed by atoms with Crippen molar-refractivity contribution in [2.24, 2.45) is 0 Å². The Labute approximate surface area is 509 Å². The molecule has 0 saturated heterocycles. The third kappa shape index (κ3) is 12.7. The molecule has 416 valence electrons. The van der Waals surface area contributed by atoms with Crippen LogP contribution >= 0.6 is 0 Å². The van der Waals surface area contributed by atoms with Crippen molar-refractivity contribution in [3.63, 3.8) is 0 Å². The van der Waals surface area contributed by atoms with Gasteiger partial charge in [-0.3, -0.25) is 9.97 Å². The van der Waals surface area contributed by atoms with E-state index in [4.69, 9.17) is 0 Å². The van der Waals surface area contributed by atoms with Crippen LogP contribution in [0.15, 0.2) is 346 Å². The van der Waals surface area contributed by atoms with Crippen molar-refractivity contribution in [3.05, 3.63) is 369 Å². The number of para-hydroxylation sites is 5. The van der Waals surface area contributed by atoms with E-state index in [2.05, 4.69) is 344 Å². The summed E-state index contributed by atoms with van der Waals surface area (Å²) in [7, 11) is 0. The maximum absolute atomic E-state index is 4.45. The van der Waals surface area contributed by atoms with Crippen LogP contribution in [-0.4, -0.2) is 9.97 Å². The first-order valence-electron chi connectivity index (χ1n) is 29.2. The van der Waals surface area contributed by atoms with Gasteiger partial charge in [-0.1, -0.05) is 140 Å². The van der Waals surface area contributed by atoms with Crippen molar-refractivity contribution in [2.45, 2.75) is 0 Å². The minimum atomic E-state index is 0.924. The second-order valence-electron chi connectivity index (χ2n) is 20.8. The first-order chi connectivity index (χ1) is 43.1. The van der Waals surface area contributed by atoms with E-state index in [9.17, 15) is 0 Å². The summed E-state index contributed by atoms with van der Waals surface area (Å²) < 4.78 is 0. The molecular weight excluding hydrogens is 1060 g/mol. The molecule has 7 nitrogen and oxygen atoms in total. The lowest BCUT2D eigenvalue weighted by atomic mass is 10.1. The van der Waals surface area contributed by atoms with Crippen LogP contribution < -0.4 is 24.5 Å². The molecule has 11 aromatic carbocycles. The average molecular weight is 1120 g/mol. The topological polar surface area (TPSA) is 42.0 Å². The maximum atomic E-state index is 4.45. The molecule has 7 heteroatoms. The minimum absolute atomic E-state index is 0.924. The second-order valence-corrected chi connectivity index (χ2v) is 20.8. The summed E-state index contributed by atoms with van der Waals surface area (Å²) in [5.41, 5.74) is 19.8. The molecule has 13 aromatic rings. The molecule has 0 aliphatic heterocycles. The van der Waals surface area contributed by atoms with Crippen molar-refractivity contribution >= 4 is 110 Å². The summed E-state index contributed by atoms with van der Waals surface area (Å²) in [5.74, 6) is 0. The lowest BCUT2D eigenvalue weighted by Crippen LogP contribution is -2.13. The van der Waals surface area contributed by atoms with Crippen LogP contribution in [0, 0.1) is 0 Å². The number of hydrogen-bond acceptors (Lipinski definition) is 7. The molecule has 0 aliphatic carbocycles. The second kappa shape index (κ2) is 26.2. The van der Waals surface area contributed by atoms with Crippen LogP contribution in [0.2, 0.25) is 0 Å². The fourth-order valence-corrected chi connectivity index (χ4v) is 10.9. The van der Waals surface area contributed by atoms with Crippen molar-refractivity contribution in [3.8, 4) is 0 Å². The van der Waals surface area contributed by atoms with Gasteiger partial charge in [-0.2, -0.15) is 0 Å². The summed E-state index contributed by atoms with van der Waals surface area (Å²) in [6.45, 7) is 0. The Kier molecular flexibility index (Phi) is 16.4. The molecule has 0 spiro atoms. The summed E-state index contributed by atoms with van der Waals surface area (Å²) >= 11 is 0. The van der Waals surface area contributed by atoms with Crippen LogP contribution in [0.4, 0.5) is 85.3 Å². The van der Waals surface area contributed by atoms with E-state index in [0.29, 0.717) is 0 Å². The lowest BCUT2D eigenvalue weighted by molar-refractivity contribution is 1.24. The number of pyridine rings is 2. The van der Waals surface area contributed by atoms with Crippen LogP contribution in [0.25, 0.3) is 24.3 Å². The van der Waals surface area contributed by atoms with Crippen LogP contribution in [-0.2, 0) is 0 Å². The van der Waals surface area contributed by atoms with E-state index < -0.39 is 0 Å². The van der Waals surface area contributed by atoms with Gasteiger partial charge in [0.05, 0.1) is 11.4 Å². The van der Waals surface area contributed by atoms with E-state index in [1.54, 1.807) is 0 Å². The highest BCUT2D eigenvalue weighted by Gasteiger charge is 2.21. The number of nitrogens with zero attached hydrogens (tertiary/aromatic N) is 7. The molecule has 0 atom stereocenters. The largest absolute Gasteiger partial charge is 0.311 e. The molecule has 0 fully saturated rings. The predicted octanol–water partition coefficient (Wildman–Crippen LogP) is 22.2. The molecule has 0 amide bonds. The zero-order chi connectivity index (χ0) is 58.4. The van der Waals surface area contributed by atoms with Crippen molar-refractivity contribution in [1.82, 2.24) is 9.97 Å². The van der Waals surface area contributed by atoms with Crippen molar-refractivity contribution < 1.29 is 0 Å². The van der Waals surface area contributed by atoms with Crippen molar-refractivity contribution in [1.29, 1.82) is 0 Å². The van der Waals surface area contributed by atoms with E-state index in [-0.39, 0.29) is 0 Å². The summed E-state index contributed by atoms with van der Waals surface area (Å²) in [4.78, 5) is 20.4. The molecule has 0 bridgehead atoms. The average Bonchev–Trinajstić information content (AvgIpc) is 2.95. The van der Waals surface area contributed by atoms with E-state index >= 15 is 0 Å². The van der Waals surface area contributed by atoms with Crippen LogP contribution in [0.5, 0.6) is 0 Å². The van der Waals surface area contributed by atoms with Gasteiger partial charge in [-0.15, -0.1) is 0 Å². The zero-order valence-electron chi connectivity index (χ0n) is 47.8. The van der Waals surface area contributed by atoms with Gasteiger partial charge < -0.3 is 24.5 Å². The smallest absolute Gasteiger partial charge is 0.0629 e. The first kappa shape index (κ1) is 54.4. The molecule has 0 unspecified atom stereocenters. The van der Waals surface area contributed by atoms with E-state index in [0.717, 1.165) is 108 Å². The summed E-state index contributed by atoms with van der Waals surface area (Å²) in [5, 5.41) is 0. The molecule has 0 aliphatic rings. The van der Waals surface area contributed by atoms with Gasteiger partial charge in [0.25, 0.3) is 0 Å². The first-order valence-corrected chi connectivity index (χ1v) is 29.2. The predicted molar refractivity (Wildman–Crippen MR) is 366 cm³/mol. The van der Waals surface area contributed by atoms with E-state index in [1.165, 1.54) is 0 Å². The van der Waals surface area contributed by atoms with Gasteiger partial charge >= 0.3 is 0 Å². The number of benzene rings is 11. The Hall–Kier alpha value is -11.8. The molecule has 87 heavy (non-hydrogen) atoms.